The van der Waals surface area contributed by atoms with Crippen molar-refractivity contribution >= 4 is 5.97 Å². The molecule has 7 heteroatoms. The average molecular weight is 256 g/mol. The second-order valence-corrected chi connectivity index (χ2v) is 3.58. The molecule has 94 valence electrons. The van der Waals surface area contributed by atoms with E-state index in [1.54, 1.807) is 0 Å². The van der Waals surface area contributed by atoms with Gasteiger partial charge in [-0.1, -0.05) is 0 Å². The van der Waals surface area contributed by atoms with E-state index in [1.807, 2.05) is 0 Å². The number of nitrogens with zero attached hydrogens (tertiary/aromatic N) is 2. The van der Waals surface area contributed by atoms with Crippen LogP contribution in [0.15, 0.2) is 18.2 Å². The van der Waals surface area contributed by atoms with Crippen molar-refractivity contribution in [3.8, 4) is 5.69 Å². The first-order valence-corrected chi connectivity index (χ1v) is 4.85. The molecule has 0 bridgehead atoms. The minimum Gasteiger partial charge on any atom is -0.476 e. The highest BCUT2D eigenvalue weighted by Gasteiger charge is 2.18. The van der Waals surface area contributed by atoms with Gasteiger partial charge in [0.05, 0.1) is 0 Å². The van der Waals surface area contributed by atoms with Crippen molar-refractivity contribution in [1.29, 1.82) is 0 Å². The lowest BCUT2D eigenvalue weighted by molar-refractivity contribution is 0.0690. The summed E-state index contributed by atoms with van der Waals surface area (Å²) in [5, 5.41) is 12.3. The molecule has 1 aromatic heterocycles. The maximum absolute atomic E-state index is 13.5. The molecule has 0 atom stereocenters. The van der Waals surface area contributed by atoms with Gasteiger partial charge in [0, 0.05) is 5.69 Å². The molecule has 2 aromatic rings. The molecule has 0 aliphatic rings. The van der Waals surface area contributed by atoms with E-state index in [9.17, 15) is 18.0 Å². The topological polar surface area (TPSA) is 55.1 Å². The van der Waals surface area contributed by atoms with Crippen LogP contribution in [-0.4, -0.2) is 20.9 Å². The second-order valence-electron chi connectivity index (χ2n) is 3.58. The maximum Gasteiger partial charge on any atom is 0.356 e. The summed E-state index contributed by atoms with van der Waals surface area (Å²) in [6, 6.07) is 2.93. The Bertz CT molecular complexity index is 637. The fraction of sp³-hybridized carbons (Fsp3) is 0.0909. The SMILES string of the molecule is Cc1cc(C(=O)O)nn1-c1ccc(F)c(F)c1F. The summed E-state index contributed by atoms with van der Waals surface area (Å²) in [5.41, 5.74) is -0.368. The second kappa shape index (κ2) is 4.17. The van der Waals surface area contributed by atoms with Crippen LogP contribution < -0.4 is 0 Å². The molecule has 4 nitrogen and oxygen atoms in total. The number of aromatic carboxylic acids is 1. The Morgan fingerprint density at radius 1 is 1.28 bits per heavy atom. The summed E-state index contributed by atoms with van der Waals surface area (Å²) in [4.78, 5) is 10.7. The molecule has 0 unspecified atom stereocenters. The molecule has 1 heterocycles. The lowest BCUT2D eigenvalue weighted by Crippen LogP contribution is -2.06. The van der Waals surface area contributed by atoms with E-state index in [1.165, 1.54) is 13.0 Å². The van der Waals surface area contributed by atoms with Crippen LogP contribution in [0, 0.1) is 24.4 Å². The van der Waals surface area contributed by atoms with E-state index >= 15 is 0 Å². The number of carboxylic acid groups (broad SMARTS) is 1. The van der Waals surface area contributed by atoms with Crippen molar-refractivity contribution in [2.24, 2.45) is 0 Å². The van der Waals surface area contributed by atoms with Crippen molar-refractivity contribution < 1.29 is 23.1 Å². The smallest absolute Gasteiger partial charge is 0.356 e. The number of hydrogen-bond donors (Lipinski definition) is 1. The average Bonchev–Trinajstić information content (AvgIpc) is 2.69. The summed E-state index contributed by atoms with van der Waals surface area (Å²) in [6.07, 6.45) is 0. The van der Waals surface area contributed by atoms with Crippen LogP contribution in [0.1, 0.15) is 16.2 Å². The fourth-order valence-corrected chi connectivity index (χ4v) is 1.50. The Morgan fingerprint density at radius 2 is 1.94 bits per heavy atom. The quantitative estimate of drug-likeness (QED) is 0.839. The lowest BCUT2D eigenvalue weighted by Gasteiger charge is -2.06. The van der Waals surface area contributed by atoms with Crippen LogP contribution in [0.3, 0.4) is 0 Å². The van der Waals surface area contributed by atoms with Crippen molar-refractivity contribution in [3.63, 3.8) is 0 Å². The van der Waals surface area contributed by atoms with E-state index in [0.717, 1.165) is 16.8 Å². The first-order chi connectivity index (χ1) is 8.41. The Labute approximate surface area is 99.3 Å². The highest BCUT2D eigenvalue weighted by Crippen LogP contribution is 2.20. The van der Waals surface area contributed by atoms with Gasteiger partial charge in [-0.3, -0.25) is 0 Å². The zero-order chi connectivity index (χ0) is 13.4. The van der Waals surface area contributed by atoms with Gasteiger partial charge in [-0.2, -0.15) is 5.10 Å². The van der Waals surface area contributed by atoms with Crippen LogP contribution in [-0.2, 0) is 0 Å². The van der Waals surface area contributed by atoms with Gasteiger partial charge in [0.15, 0.2) is 23.1 Å². The summed E-state index contributed by atoms with van der Waals surface area (Å²) in [5.74, 6) is -5.66. The highest BCUT2D eigenvalue weighted by atomic mass is 19.2. The number of aryl methyl sites for hydroxylation is 1. The van der Waals surface area contributed by atoms with Crippen LogP contribution in [0.25, 0.3) is 5.69 Å². The van der Waals surface area contributed by atoms with Gasteiger partial charge < -0.3 is 5.11 Å². The Hall–Kier alpha value is -2.31. The fourth-order valence-electron chi connectivity index (χ4n) is 1.50. The van der Waals surface area contributed by atoms with Crippen LogP contribution in [0.4, 0.5) is 13.2 Å². The first kappa shape index (κ1) is 12.2. The normalized spacial score (nSPS) is 10.7. The van der Waals surface area contributed by atoms with Crippen LogP contribution >= 0.6 is 0 Å². The third-order valence-electron chi connectivity index (χ3n) is 2.35. The zero-order valence-corrected chi connectivity index (χ0v) is 9.12. The number of carboxylic acids is 1. The third-order valence-corrected chi connectivity index (χ3v) is 2.35. The Morgan fingerprint density at radius 3 is 2.50 bits per heavy atom. The van der Waals surface area contributed by atoms with Crippen molar-refractivity contribution in [1.82, 2.24) is 9.78 Å². The third kappa shape index (κ3) is 1.83. The summed E-state index contributed by atoms with van der Waals surface area (Å²) >= 11 is 0. The summed E-state index contributed by atoms with van der Waals surface area (Å²) in [6.45, 7) is 1.47. The number of rotatable bonds is 2. The van der Waals surface area contributed by atoms with Gasteiger partial charge in [-0.25, -0.2) is 22.6 Å². The summed E-state index contributed by atoms with van der Waals surface area (Å²) in [7, 11) is 0. The van der Waals surface area contributed by atoms with Crippen molar-refractivity contribution in [2.75, 3.05) is 0 Å². The van der Waals surface area contributed by atoms with Crippen LogP contribution in [0.2, 0.25) is 0 Å². The predicted octanol–water partition coefficient (Wildman–Crippen LogP) is 2.30. The highest BCUT2D eigenvalue weighted by molar-refractivity contribution is 5.85. The van der Waals surface area contributed by atoms with E-state index in [2.05, 4.69) is 5.10 Å². The van der Waals surface area contributed by atoms with Gasteiger partial charge in [0.1, 0.15) is 5.69 Å². The standard InChI is InChI=1S/C11H7F3N2O2/c1-5-4-7(11(17)18)15-16(5)8-3-2-6(12)9(13)10(8)14/h2-4H,1H3,(H,17,18). The van der Waals surface area contributed by atoms with Gasteiger partial charge in [-0.15, -0.1) is 0 Å². The predicted molar refractivity (Wildman–Crippen MR) is 55.1 cm³/mol. The molecule has 2 rings (SSSR count). The molecular formula is C11H7F3N2O2. The molecule has 1 aromatic carbocycles. The lowest BCUT2D eigenvalue weighted by atomic mass is 10.2. The minimum absolute atomic E-state index is 0.289. The Kier molecular flexibility index (Phi) is 2.82. The largest absolute Gasteiger partial charge is 0.476 e. The molecule has 0 saturated heterocycles. The molecule has 0 aliphatic carbocycles. The number of halogens is 3. The summed E-state index contributed by atoms with van der Waals surface area (Å²) < 4.78 is 40.3. The number of aromatic nitrogens is 2. The molecule has 0 saturated carbocycles. The number of benzene rings is 1. The molecule has 0 radical (unpaired) electrons. The van der Waals surface area contributed by atoms with Crippen molar-refractivity contribution in [2.45, 2.75) is 6.92 Å². The van der Waals surface area contributed by atoms with Gasteiger partial charge in [0.25, 0.3) is 0 Å². The molecule has 0 fully saturated rings. The molecule has 0 spiro atoms. The van der Waals surface area contributed by atoms with Gasteiger partial charge >= 0.3 is 5.97 Å². The van der Waals surface area contributed by atoms with E-state index in [4.69, 9.17) is 5.11 Å². The van der Waals surface area contributed by atoms with Crippen molar-refractivity contribution in [3.05, 3.63) is 47.0 Å². The monoisotopic (exact) mass is 256 g/mol. The zero-order valence-electron chi connectivity index (χ0n) is 9.12. The van der Waals surface area contributed by atoms with E-state index in [-0.39, 0.29) is 17.1 Å². The molecular weight excluding hydrogens is 249 g/mol. The van der Waals surface area contributed by atoms with Gasteiger partial charge in [-0.05, 0) is 25.1 Å². The number of carbonyl (C=O) groups is 1. The molecule has 1 N–H and O–H groups in total. The first-order valence-electron chi connectivity index (χ1n) is 4.85. The molecule has 0 amide bonds. The number of hydrogen-bond acceptors (Lipinski definition) is 2. The van der Waals surface area contributed by atoms with E-state index < -0.39 is 23.4 Å². The van der Waals surface area contributed by atoms with Gasteiger partial charge in [0.2, 0.25) is 0 Å². The molecule has 18 heavy (non-hydrogen) atoms. The maximum atomic E-state index is 13.5. The minimum atomic E-state index is -1.63. The van der Waals surface area contributed by atoms with Crippen LogP contribution in [0.5, 0.6) is 0 Å². The Balaban J connectivity index is 2.62. The van der Waals surface area contributed by atoms with E-state index in [0.29, 0.717) is 0 Å². The molecule has 0 aliphatic heterocycles.